The third-order valence-electron chi connectivity index (χ3n) is 5.57. The number of nitro benzene ring substituents is 1. The summed E-state index contributed by atoms with van der Waals surface area (Å²) in [6.07, 6.45) is 16.0. The third kappa shape index (κ3) is 6.81. The Morgan fingerprint density at radius 1 is 0.821 bits per heavy atom. The molecule has 2 aromatic carbocycles. The molecular weight excluding hydrogens is 350 g/mol. The van der Waals surface area contributed by atoms with Gasteiger partial charge in [0.2, 0.25) is 0 Å². The van der Waals surface area contributed by atoms with E-state index in [-0.39, 0.29) is 16.4 Å². The number of rotatable bonds is 14. The van der Waals surface area contributed by atoms with Crippen molar-refractivity contribution in [2.75, 3.05) is 0 Å². The lowest BCUT2D eigenvalue weighted by molar-refractivity contribution is -0.383. The van der Waals surface area contributed by atoms with Crippen molar-refractivity contribution in [3.05, 3.63) is 46.0 Å². The molecule has 0 atom stereocenters. The average molecular weight is 386 g/mol. The number of aromatic hydroxyl groups is 1. The van der Waals surface area contributed by atoms with Gasteiger partial charge in [0, 0.05) is 17.0 Å². The number of nitro groups is 1. The first-order chi connectivity index (χ1) is 13.6. The zero-order valence-electron chi connectivity index (χ0n) is 17.3. The van der Waals surface area contributed by atoms with Crippen LogP contribution in [0.4, 0.5) is 5.69 Å². The van der Waals surface area contributed by atoms with Crippen molar-refractivity contribution in [3.63, 3.8) is 0 Å². The molecule has 4 nitrogen and oxygen atoms in total. The van der Waals surface area contributed by atoms with E-state index in [1.807, 2.05) is 0 Å². The van der Waals surface area contributed by atoms with Crippen LogP contribution >= 0.6 is 0 Å². The summed E-state index contributed by atoms with van der Waals surface area (Å²) < 4.78 is 0. The van der Waals surface area contributed by atoms with Gasteiger partial charge >= 0.3 is 0 Å². The topological polar surface area (TPSA) is 63.4 Å². The van der Waals surface area contributed by atoms with Gasteiger partial charge in [-0.05, 0) is 18.9 Å². The Morgan fingerprint density at radius 2 is 1.32 bits per heavy atom. The van der Waals surface area contributed by atoms with E-state index in [0.29, 0.717) is 22.8 Å². The summed E-state index contributed by atoms with van der Waals surface area (Å²) in [7, 11) is 0. The lowest BCUT2D eigenvalue weighted by Gasteiger charge is -2.09. The summed E-state index contributed by atoms with van der Waals surface area (Å²) in [5.74, 6) is 0.198. The number of aryl methyl sites for hydroxylation is 1. The van der Waals surface area contributed by atoms with Crippen molar-refractivity contribution in [2.45, 2.75) is 90.4 Å². The number of hydrogen-bond acceptors (Lipinski definition) is 3. The van der Waals surface area contributed by atoms with E-state index >= 15 is 0 Å². The maximum atomic E-state index is 11.4. The van der Waals surface area contributed by atoms with Crippen LogP contribution < -0.4 is 0 Å². The van der Waals surface area contributed by atoms with E-state index in [1.54, 1.807) is 30.3 Å². The molecule has 0 spiro atoms. The molecular formula is C24H35NO3. The van der Waals surface area contributed by atoms with Gasteiger partial charge in [-0.2, -0.15) is 0 Å². The Kier molecular flexibility index (Phi) is 9.81. The molecule has 0 aliphatic rings. The molecule has 28 heavy (non-hydrogen) atoms. The highest BCUT2D eigenvalue weighted by Crippen LogP contribution is 2.36. The fourth-order valence-electron chi connectivity index (χ4n) is 3.90. The summed E-state index contributed by atoms with van der Waals surface area (Å²) in [5, 5.41) is 23.0. The zero-order chi connectivity index (χ0) is 20.2. The van der Waals surface area contributed by atoms with Crippen molar-refractivity contribution in [1.82, 2.24) is 0 Å². The summed E-state index contributed by atoms with van der Waals surface area (Å²) >= 11 is 0. The molecule has 0 amide bonds. The molecule has 0 radical (unpaired) electrons. The molecule has 1 N–H and O–H groups in total. The predicted molar refractivity (Wildman–Crippen MR) is 117 cm³/mol. The van der Waals surface area contributed by atoms with Gasteiger partial charge in [-0.1, -0.05) is 95.8 Å². The summed E-state index contributed by atoms with van der Waals surface area (Å²) in [4.78, 5) is 11.0. The molecule has 0 saturated carbocycles. The first kappa shape index (κ1) is 22.2. The second-order valence-electron chi connectivity index (χ2n) is 7.85. The first-order valence-electron chi connectivity index (χ1n) is 11.0. The highest BCUT2D eigenvalue weighted by molar-refractivity contribution is 5.96. The van der Waals surface area contributed by atoms with Crippen LogP contribution in [0.3, 0.4) is 0 Å². The second kappa shape index (κ2) is 12.4. The molecule has 154 valence electrons. The maximum absolute atomic E-state index is 11.4. The highest BCUT2D eigenvalue weighted by Gasteiger charge is 2.17. The van der Waals surface area contributed by atoms with Gasteiger partial charge in [-0.15, -0.1) is 0 Å². The molecule has 0 saturated heterocycles. The largest absolute Gasteiger partial charge is 0.507 e. The molecule has 0 unspecified atom stereocenters. The lowest BCUT2D eigenvalue weighted by Crippen LogP contribution is -1.95. The molecule has 2 rings (SSSR count). The van der Waals surface area contributed by atoms with Gasteiger partial charge in [0.15, 0.2) is 0 Å². The Labute approximate surface area is 169 Å². The van der Waals surface area contributed by atoms with Gasteiger partial charge in [0.05, 0.1) is 10.3 Å². The second-order valence-corrected chi connectivity index (χ2v) is 7.85. The number of hydrogen-bond donors (Lipinski definition) is 1. The summed E-state index contributed by atoms with van der Waals surface area (Å²) in [6.45, 7) is 2.25. The minimum Gasteiger partial charge on any atom is -0.507 e. The summed E-state index contributed by atoms with van der Waals surface area (Å²) in [6, 6.07) is 8.57. The molecule has 0 bridgehead atoms. The molecule has 2 aromatic rings. The minimum atomic E-state index is -0.354. The maximum Gasteiger partial charge on any atom is 0.277 e. The number of phenols is 1. The zero-order valence-corrected chi connectivity index (χ0v) is 17.3. The van der Waals surface area contributed by atoms with Crippen LogP contribution in [-0.2, 0) is 6.42 Å². The van der Waals surface area contributed by atoms with E-state index in [4.69, 9.17) is 0 Å². The Morgan fingerprint density at radius 3 is 1.86 bits per heavy atom. The van der Waals surface area contributed by atoms with Gasteiger partial charge in [-0.25, -0.2) is 0 Å². The van der Waals surface area contributed by atoms with Crippen LogP contribution in [0.2, 0.25) is 0 Å². The molecule has 0 fully saturated rings. The number of phenolic OH excluding ortho intramolecular Hbond substituents is 1. The molecule has 0 aliphatic heterocycles. The average Bonchev–Trinajstić information content (AvgIpc) is 2.70. The first-order valence-corrected chi connectivity index (χ1v) is 11.0. The number of benzene rings is 2. The van der Waals surface area contributed by atoms with Crippen LogP contribution in [0.15, 0.2) is 30.3 Å². The van der Waals surface area contributed by atoms with Crippen molar-refractivity contribution in [2.24, 2.45) is 0 Å². The predicted octanol–water partition coefficient (Wildman–Crippen LogP) is 7.70. The van der Waals surface area contributed by atoms with E-state index in [2.05, 4.69) is 6.92 Å². The van der Waals surface area contributed by atoms with E-state index in [0.717, 1.165) is 12.8 Å². The van der Waals surface area contributed by atoms with E-state index in [1.165, 1.54) is 64.2 Å². The fraction of sp³-hybridized carbons (Fsp3) is 0.583. The van der Waals surface area contributed by atoms with Crippen molar-refractivity contribution in [3.8, 4) is 5.75 Å². The van der Waals surface area contributed by atoms with Crippen LogP contribution in [-0.4, -0.2) is 10.0 Å². The highest BCUT2D eigenvalue weighted by atomic mass is 16.6. The normalized spacial score (nSPS) is 11.2. The van der Waals surface area contributed by atoms with Gasteiger partial charge in [0.25, 0.3) is 5.69 Å². The molecule has 0 aliphatic carbocycles. The quantitative estimate of drug-likeness (QED) is 0.206. The van der Waals surface area contributed by atoms with Gasteiger partial charge in [0.1, 0.15) is 5.75 Å². The Balaban J connectivity index is 1.70. The number of nitrogens with zero attached hydrogens (tertiary/aromatic N) is 1. The Bertz CT molecular complexity index is 742. The number of non-ortho nitro benzene ring substituents is 1. The van der Waals surface area contributed by atoms with Crippen LogP contribution in [0, 0.1) is 10.1 Å². The Hall–Kier alpha value is -2.10. The SMILES string of the molecule is CCCCCCCCCCCCCCc1cc([N+](=O)[O-])c2ccccc2c1O. The van der Waals surface area contributed by atoms with E-state index in [9.17, 15) is 15.2 Å². The smallest absolute Gasteiger partial charge is 0.277 e. The van der Waals surface area contributed by atoms with Crippen LogP contribution in [0.1, 0.15) is 89.5 Å². The van der Waals surface area contributed by atoms with Crippen LogP contribution in [0.25, 0.3) is 10.8 Å². The molecule has 0 aromatic heterocycles. The van der Waals surface area contributed by atoms with Gasteiger partial charge < -0.3 is 5.11 Å². The molecule has 4 heteroatoms. The standard InChI is InChI=1S/C24H35NO3/c1-2-3-4-5-6-7-8-9-10-11-12-13-16-20-19-23(25(27)28)21-17-14-15-18-22(21)24(20)26/h14-15,17-19,26H,2-13,16H2,1H3. The summed E-state index contributed by atoms with van der Waals surface area (Å²) in [5.41, 5.74) is 0.778. The van der Waals surface area contributed by atoms with E-state index < -0.39 is 0 Å². The fourth-order valence-corrected chi connectivity index (χ4v) is 3.90. The monoisotopic (exact) mass is 385 g/mol. The number of unbranched alkanes of at least 4 members (excludes halogenated alkanes) is 11. The third-order valence-corrected chi connectivity index (χ3v) is 5.57. The van der Waals surface area contributed by atoms with Gasteiger partial charge in [-0.3, -0.25) is 10.1 Å². The van der Waals surface area contributed by atoms with Crippen LogP contribution in [0.5, 0.6) is 5.75 Å². The minimum absolute atomic E-state index is 0.0855. The molecule has 0 heterocycles. The van der Waals surface area contributed by atoms with Crippen molar-refractivity contribution >= 4 is 16.5 Å². The lowest BCUT2D eigenvalue weighted by atomic mass is 9.98. The van der Waals surface area contributed by atoms with Crippen molar-refractivity contribution in [1.29, 1.82) is 0 Å². The van der Waals surface area contributed by atoms with Crippen molar-refractivity contribution < 1.29 is 10.0 Å². The number of fused-ring (bicyclic) bond motifs is 1.